The minimum atomic E-state index is -0.453. The number of nitrogens with zero attached hydrogens (tertiary/aromatic N) is 3. The second-order valence-electron chi connectivity index (χ2n) is 5.71. The van der Waals surface area contributed by atoms with Crippen LogP contribution in [0.15, 0.2) is 58.4 Å². The number of non-ortho nitro benzene ring substituents is 1. The predicted octanol–water partition coefficient (Wildman–Crippen LogP) is 3.55. The van der Waals surface area contributed by atoms with Gasteiger partial charge in [0, 0.05) is 37.5 Å². The fraction of sp³-hybridized carbons (Fsp3) is 0.111. The maximum atomic E-state index is 12.3. The summed E-state index contributed by atoms with van der Waals surface area (Å²) in [6.07, 6.45) is 1.65. The number of thioether (sulfide) groups is 1. The third kappa shape index (κ3) is 3.92. The zero-order valence-corrected chi connectivity index (χ0v) is 15.0. The molecule has 0 atom stereocenters. The van der Waals surface area contributed by atoms with Gasteiger partial charge in [-0.1, -0.05) is 18.2 Å². The van der Waals surface area contributed by atoms with Crippen LogP contribution in [0.4, 0.5) is 17.1 Å². The number of carbonyl (C=O) groups excluding carboxylic acids is 1. The average Bonchev–Trinajstić information content (AvgIpc) is 2.94. The highest BCUT2D eigenvalue weighted by Crippen LogP contribution is 2.32. The highest BCUT2D eigenvalue weighted by atomic mass is 32.2. The van der Waals surface area contributed by atoms with E-state index in [0.29, 0.717) is 15.6 Å². The van der Waals surface area contributed by atoms with Crippen molar-refractivity contribution in [1.82, 2.24) is 5.32 Å². The van der Waals surface area contributed by atoms with Crippen LogP contribution in [0.3, 0.4) is 0 Å². The van der Waals surface area contributed by atoms with Gasteiger partial charge in [-0.2, -0.15) is 0 Å². The third-order valence-electron chi connectivity index (χ3n) is 3.63. The molecule has 1 saturated heterocycles. The van der Waals surface area contributed by atoms with E-state index in [1.165, 1.54) is 23.9 Å². The number of nitro groups is 1. The van der Waals surface area contributed by atoms with Crippen LogP contribution in [0.2, 0.25) is 0 Å². The topological polar surface area (TPSA) is 87.8 Å². The second-order valence-corrected chi connectivity index (χ2v) is 6.74. The van der Waals surface area contributed by atoms with E-state index in [9.17, 15) is 14.9 Å². The minimum absolute atomic E-state index is 0.0240. The van der Waals surface area contributed by atoms with Crippen LogP contribution >= 0.6 is 11.8 Å². The molecule has 1 aliphatic rings. The lowest BCUT2D eigenvalue weighted by Gasteiger charge is -2.15. The molecule has 0 aliphatic carbocycles. The van der Waals surface area contributed by atoms with Crippen LogP contribution in [0, 0.1) is 10.1 Å². The van der Waals surface area contributed by atoms with Crippen molar-refractivity contribution in [3.05, 3.63) is 69.1 Å². The number of para-hydroxylation sites is 1. The number of carbonyl (C=O) groups is 1. The van der Waals surface area contributed by atoms with Gasteiger partial charge >= 0.3 is 0 Å². The van der Waals surface area contributed by atoms with E-state index in [1.54, 1.807) is 12.1 Å². The van der Waals surface area contributed by atoms with E-state index in [0.717, 1.165) is 11.4 Å². The predicted molar refractivity (Wildman–Crippen MR) is 105 cm³/mol. The van der Waals surface area contributed by atoms with Crippen molar-refractivity contribution in [1.29, 1.82) is 0 Å². The summed E-state index contributed by atoms with van der Waals surface area (Å²) in [5, 5.41) is 14.3. The molecule has 0 saturated carbocycles. The van der Waals surface area contributed by atoms with E-state index in [-0.39, 0.29) is 11.6 Å². The summed E-state index contributed by atoms with van der Waals surface area (Å²) in [4.78, 5) is 29.5. The molecule has 8 heteroatoms. The van der Waals surface area contributed by atoms with Crippen LogP contribution in [0.25, 0.3) is 6.08 Å². The Bertz CT molecular complexity index is 923. The minimum Gasteiger partial charge on any atom is -0.377 e. The molecule has 1 aliphatic heterocycles. The average molecular weight is 368 g/mol. The number of amidine groups is 1. The molecule has 1 heterocycles. The summed E-state index contributed by atoms with van der Waals surface area (Å²) in [5.74, 6) is -0.277. The van der Waals surface area contributed by atoms with Crippen molar-refractivity contribution in [2.45, 2.75) is 0 Å². The van der Waals surface area contributed by atoms with Crippen molar-refractivity contribution in [3.8, 4) is 0 Å². The molecule has 0 spiro atoms. The maximum Gasteiger partial charge on any atom is 0.270 e. The van der Waals surface area contributed by atoms with E-state index in [4.69, 9.17) is 0 Å². The Labute approximate surface area is 154 Å². The fourth-order valence-corrected chi connectivity index (χ4v) is 3.25. The fourth-order valence-electron chi connectivity index (χ4n) is 2.42. The molecule has 0 unspecified atom stereocenters. The van der Waals surface area contributed by atoms with Gasteiger partial charge in [-0.25, -0.2) is 4.99 Å². The SMILES string of the molecule is CN(C)c1ccc([N+](=O)[O-])cc1/C=C1\SC(=Nc2ccccc2)NC1=O. The molecular weight excluding hydrogens is 352 g/mol. The normalized spacial score (nSPS) is 16.8. The zero-order valence-electron chi connectivity index (χ0n) is 14.2. The van der Waals surface area contributed by atoms with Gasteiger partial charge < -0.3 is 10.2 Å². The van der Waals surface area contributed by atoms with Crippen LogP contribution in [0.1, 0.15) is 5.56 Å². The Morgan fingerprint density at radius 2 is 1.92 bits per heavy atom. The van der Waals surface area contributed by atoms with E-state index < -0.39 is 4.92 Å². The van der Waals surface area contributed by atoms with Crippen molar-refractivity contribution < 1.29 is 9.72 Å². The van der Waals surface area contributed by atoms with Crippen LogP contribution in [-0.2, 0) is 4.79 Å². The number of hydrogen-bond donors (Lipinski definition) is 1. The first-order valence-electron chi connectivity index (χ1n) is 7.74. The number of anilines is 1. The van der Waals surface area contributed by atoms with Gasteiger partial charge in [0.25, 0.3) is 11.6 Å². The summed E-state index contributed by atoms with van der Waals surface area (Å²) in [7, 11) is 3.68. The highest BCUT2D eigenvalue weighted by molar-refractivity contribution is 8.18. The lowest BCUT2D eigenvalue weighted by molar-refractivity contribution is -0.384. The van der Waals surface area contributed by atoms with Gasteiger partial charge in [0.05, 0.1) is 15.5 Å². The number of nitro benzene ring substituents is 1. The van der Waals surface area contributed by atoms with Gasteiger partial charge in [-0.15, -0.1) is 0 Å². The molecule has 2 aromatic carbocycles. The Kier molecular flexibility index (Phi) is 5.04. The number of aliphatic imine (C=N–C) groups is 1. The summed E-state index contributed by atoms with van der Waals surface area (Å²) < 4.78 is 0. The Hall–Kier alpha value is -3.13. The number of nitrogens with one attached hydrogen (secondary N) is 1. The molecule has 7 nitrogen and oxygen atoms in total. The molecular formula is C18H16N4O3S. The van der Waals surface area contributed by atoms with Gasteiger partial charge in [-0.3, -0.25) is 14.9 Å². The Morgan fingerprint density at radius 1 is 1.19 bits per heavy atom. The molecule has 26 heavy (non-hydrogen) atoms. The molecule has 1 N–H and O–H groups in total. The first-order chi connectivity index (χ1) is 12.4. The summed E-state index contributed by atoms with van der Waals surface area (Å²) in [6, 6.07) is 13.9. The van der Waals surface area contributed by atoms with Gasteiger partial charge in [0.15, 0.2) is 5.17 Å². The first kappa shape index (κ1) is 17.7. The van der Waals surface area contributed by atoms with Crippen LogP contribution in [0.5, 0.6) is 0 Å². The first-order valence-corrected chi connectivity index (χ1v) is 8.56. The van der Waals surface area contributed by atoms with Gasteiger partial charge in [0.1, 0.15) is 0 Å². The summed E-state index contributed by atoms with van der Waals surface area (Å²) >= 11 is 1.21. The molecule has 1 amide bonds. The standard InChI is InChI=1S/C18H16N4O3S/c1-21(2)15-9-8-14(22(24)25)10-12(15)11-16-17(23)20-18(26-16)19-13-6-4-3-5-7-13/h3-11H,1-2H3,(H,19,20,23)/b16-11-. The summed E-state index contributed by atoms with van der Waals surface area (Å²) in [6.45, 7) is 0. The van der Waals surface area contributed by atoms with Crippen molar-refractivity contribution in [2.24, 2.45) is 4.99 Å². The summed E-state index contributed by atoms with van der Waals surface area (Å²) in [5.41, 5.74) is 2.10. The van der Waals surface area contributed by atoms with Crippen LogP contribution < -0.4 is 10.2 Å². The number of amides is 1. The van der Waals surface area contributed by atoms with Gasteiger partial charge in [-0.05, 0) is 36.0 Å². The lowest BCUT2D eigenvalue weighted by atomic mass is 10.1. The molecule has 1 fully saturated rings. The number of hydrogen-bond acceptors (Lipinski definition) is 6. The van der Waals surface area contributed by atoms with Crippen molar-refractivity contribution in [3.63, 3.8) is 0 Å². The van der Waals surface area contributed by atoms with Crippen molar-refractivity contribution >= 4 is 46.0 Å². The number of rotatable bonds is 4. The highest BCUT2D eigenvalue weighted by Gasteiger charge is 2.24. The maximum absolute atomic E-state index is 12.3. The largest absolute Gasteiger partial charge is 0.377 e. The zero-order chi connectivity index (χ0) is 18.7. The van der Waals surface area contributed by atoms with E-state index in [2.05, 4.69) is 10.3 Å². The van der Waals surface area contributed by atoms with E-state index >= 15 is 0 Å². The van der Waals surface area contributed by atoms with Crippen molar-refractivity contribution in [2.75, 3.05) is 19.0 Å². The molecule has 0 radical (unpaired) electrons. The Morgan fingerprint density at radius 3 is 2.58 bits per heavy atom. The number of benzene rings is 2. The van der Waals surface area contributed by atoms with Crippen LogP contribution in [-0.4, -0.2) is 30.1 Å². The lowest BCUT2D eigenvalue weighted by Crippen LogP contribution is -2.19. The van der Waals surface area contributed by atoms with E-state index in [1.807, 2.05) is 49.3 Å². The molecule has 0 aromatic heterocycles. The molecule has 0 bridgehead atoms. The smallest absolute Gasteiger partial charge is 0.270 e. The molecule has 132 valence electrons. The quantitative estimate of drug-likeness (QED) is 0.506. The third-order valence-corrected chi connectivity index (χ3v) is 4.54. The molecule has 2 aromatic rings. The van der Waals surface area contributed by atoms with Gasteiger partial charge in [0.2, 0.25) is 0 Å². The Balaban J connectivity index is 1.95. The molecule has 3 rings (SSSR count). The second kappa shape index (κ2) is 7.40. The monoisotopic (exact) mass is 368 g/mol.